The fourth-order valence-electron chi connectivity index (χ4n) is 2.63. The van der Waals surface area contributed by atoms with Gasteiger partial charge in [0, 0.05) is 10.8 Å². The molecule has 0 fully saturated rings. The van der Waals surface area contributed by atoms with Crippen molar-refractivity contribution in [1.29, 1.82) is 0 Å². The monoisotopic (exact) mass is 291 g/mol. The van der Waals surface area contributed by atoms with Gasteiger partial charge in [-0.25, -0.2) is 4.20 Å². The summed E-state index contributed by atoms with van der Waals surface area (Å²) >= 11 is 0. The van der Waals surface area contributed by atoms with Crippen molar-refractivity contribution in [3.05, 3.63) is 72.8 Å². The Bertz CT molecular complexity index is 1000. The molecule has 0 spiro atoms. The number of benzene rings is 3. The van der Waals surface area contributed by atoms with Crippen LogP contribution in [0.1, 0.15) is 0 Å². The zero-order valence-electron chi connectivity index (χ0n) is 11.2. The van der Waals surface area contributed by atoms with Crippen LogP contribution < -0.4 is 0 Å². The van der Waals surface area contributed by atoms with Crippen molar-refractivity contribution >= 4 is 29.1 Å². The molecule has 0 radical (unpaired) electrons. The van der Waals surface area contributed by atoms with Gasteiger partial charge < -0.3 is 0 Å². The maximum absolute atomic E-state index is 12.2. The van der Waals surface area contributed by atoms with Crippen molar-refractivity contribution in [3.63, 3.8) is 0 Å². The summed E-state index contributed by atoms with van der Waals surface area (Å²) in [4.78, 5) is 0. The lowest BCUT2D eigenvalue weighted by atomic mass is 10.0. The molecule has 1 unspecified atom stereocenters. The van der Waals surface area contributed by atoms with E-state index in [0.717, 1.165) is 27.0 Å². The molecule has 1 atom stereocenters. The quantitative estimate of drug-likeness (QED) is 0.403. The molecule has 0 saturated carbocycles. The van der Waals surface area contributed by atoms with E-state index in [1.807, 2.05) is 54.6 Å². The molecule has 3 aromatic carbocycles. The van der Waals surface area contributed by atoms with Gasteiger partial charge in [0.05, 0.1) is 0 Å². The molecule has 4 rings (SSSR count). The second-order valence-corrected chi connectivity index (χ2v) is 6.12. The molecular weight excluding hydrogens is 279 g/mol. The Balaban J connectivity index is 2.11. The minimum absolute atomic E-state index is 0.691. The van der Waals surface area contributed by atoms with Crippen molar-refractivity contribution < 1.29 is 8.76 Å². The van der Waals surface area contributed by atoms with E-state index < -0.39 is 7.65 Å². The molecule has 0 bridgehead atoms. The summed E-state index contributed by atoms with van der Waals surface area (Å²) in [5.74, 6) is 0. The SMILES string of the molecule is O=[p+]1oc2ccccc2c2cc(-c3ccccc3)ccc21. The Hall–Kier alpha value is -2.44. The van der Waals surface area contributed by atoms with Gasteiger partial charge in [-0.05, 0) is 40.0 Å². The van der Waals surface area contributed by atoms with Gasteiger partial charge in [0.25, 0.3) is 0 Å². The van der Waals surface area contributed by atoms with Crippen LogP contribution in [-0.4, -0.2) is 0 Å². The summed E-state index contributed by atoms with van der Waals surface area (Å²) in [6.07, 6.45) is 0. The number of hydrogen-bond acceptors (Lipinski definition) is 2. The zero-order chi connectivity index (χ0) is 14.2. The van der Waals surface area contributed by atoms with Crippen LogP contribution in [0.15, 0.2) is 77.0 Å². The molecule has 21 heavy (non-hydrogen) atoms. The van der Waals surface area contributed by atoms with Gasteiger partial charge in [-0.3, -0.25) is 0 Å². The minimum atomic E-state index is -1.83. The van der Waals surface area contributed by atoms with Gasteiger partial charge >= 0.3 is 7.65 Å². The Kier molecular flexibility index (Phi) is 2.83. The van der Waals surface area contributed by atoms with E-state index in [0.29, 0.717) is 5.58 Å². The standard InChI is InChI=1S/C18H12O2P/c19-21-18-11-10-14(13-6-2-1-3-7-13)12-16(18)15-8-4-5-9-17(15)20-21/h1-12H/q+1. The molecular formula is C18H12O2P+. The third-order valence-electron chi connectivity index (χ3n) is 3.66. The largest absolute Gasteiger partial charge is 0.597 e. The van der Waals surface area contributed by atoms with Crippen LogP contribution in [0.2, 0.25) is 0 Å². The second kappa shape index (κ2) is 4.83. The number of hydrogen-bond donors (Lipinski definition) is 0. The lowest BCUT2D eigenvalue weighted by molar-refractivity contribution is 0.563. The predicted molar refractivity (Wildman–Crippen MR) is 86.8 cm³/mol. The predicted octanol–water partition coefficient (Wildman–Crippen LogP) is 6.00. The number of rotatable bonds is 1. The van der Waals surface area contributed by atoms with Gasteiger partial charge in [-0.1, -0.05) is 48.5 Å². The fourth-order valence-corrected chi connectivity index (χ4v) is 3.64. The molecule has 0 amide bonds. The van der Waals surface area contributed by atoms with Crippen molar-refractivity contribution in [1.82, 2.24) is 0 Å². The maximum Gasteiger partial charge on any atom is 0.597 e. The van der Waals surface area contributed by atoms with Crippen LogP contribution in [0, 0.1) is 0 Å². The third-order valence-corrected chi connectivity index (χ3v) is 4.80. The first-order valence-corrected chi connectivity index (χ1v) is 7.95. The summed E-state index contributed by atoms with van der Waals surface area (Å²) < 4.78 is 17.7. The first-order valence-electron chi connectivity index (χ1n) is 6.77. The first-order chi connectivity index (χ1) is 10.3. The van der Waals surface area contributed by atoms with Crippen LogP contribution in [0.25, 0.3) is 32.6 Å². The fraction of sp³-hybridized carbons (Fsp3) is 0. The van der Waals surface area contributed by atoms with E-state index >= 15 is 0 Å². The molecule has 0 aliphatic heterocycles. The van der Waals surface area contributed by atoms with Crippen LogP contribution in [0.3, 0.4) is 0 Å². The number of fused-ring (bicyclic) bond motifs is 3. The van der Waals surface area contributed by atoms with Crippen molar-refractivity contribution in [2.45, 2.75) is 0 Å². The van der Waals surface area contributed by atoms with Crippen LogP contribution in [0.4, 0.5) is 0 Å². The molecule has 0 N–H and O–H groups in total. The van der Waals surface area contributed by atoms with Gasteiger partial charge in [0.2, 0.25) is 5.12 Å². The number of para-hydroxylation sites is 1. The lowest BCUT2D eigenvalue weighted by Gasteiger charge is -2.02. The summed E-state index contributed by atoms with van der Waals surface area (Å²) in [7, 11) is -1.83. The third kappa shape index (κ3) is 2.05. The van der Waals surface area contributed by atoms with Crippen LogP contribution in [-0.2, 0) is 4.57 Å². The molecule has 0 aliphatic rings. The molecule has 0 saturated heterocycles. The van der Waals surface area contributed by atoms with Crippen molar-refractivity contribution in [2.75, 3.05) is 0 Å². The first kappa shape index (κ1) is 12.3. The molecule has 0 aliphatic carbocycles. The van der Waals surface area contributed by atoms with Gasteiger partial charge in [0.15, 0.2) is 5.58 Å². The highest BCUT2D eigenvalue weighted by Crippen LogP contribution is 2.37. The van der Waals surface area contributed by atoms with E-state index in [1.54, 1.807) is 0 Å². The molecule has 1 heterocycles. The zero-order valence-corrected chi connectivity index (χ0v) is 12.1. The van der Waals surface area contributed by atoms with E-state index in [-0.39, 0.29) is 0 Å². The topological polar surface area (TPSA) is 30.2 Å². The Morgan fingerprint density at radius 1 is 0.714 bits per heavy atom. The smallest absolute Gasteiger partial charge is 0.250 e. The highest BCUT2D eigenvalue weighted by Gasteiger charge is 2.16. The Morgan fingerprint density at radius 3 is 2.33 bits per heavy atom. The molecule has 4 aromatic rings. The highest BCUT2D eigenvalue weighted by molar-refractivity contribution is 7.37. The maximum atomic E-state index is 12.2. The molecule has 1 aromatic heterocycles. The van der Waals surface area contributed by atoms with E-state index in [4.69, 9.17) is 4.20 Å². The lowest BCUT2D eigenvalue weighted by Crippen LogP contribution is -1.79. The summed E-state index contributed by atoms with van der Waals surface area (Å²) in [5, 5.41) is 2.77. The van der Waals surface area contributed by atoms with Gasteiger partial charge in [-0.2, -0.15) is 0 Å². The van der Waals surface area contributed by atoms with E-state index in [9.17, 15) is 4.57 Å². The van der Waals surface area contributed by atoms with Crippen LogP contribution >= 0.6 is 7.65 Å². The molecule has 2 nitrogen and oxygen atoms in total. The Morgan fingerprint density at radius 2 is 1.48 bits per heavy atom. The summed E-state index contributed by atoms with van der Waals surface area (Å²) in [5.41, 5.74) is 2.96. The van der Waals surface area contributed by atoms with E-state index in [1.165, 1.54) is 0 Å². The van der Waals surface area contributed by atoms with Crippen molar-refractivity contribution in [3.8, 4) is 11.1 Å². The average molecular weight is 291 g/mol. The van der Waals surface area contributed by atoms with E-state index in [2.05, 4.69) is 18.2 Å². The highest BCUT2D eigenvalue weighted by atomic mass is 31.1. The summed E-state index contributed by atoms with van der Waals surface area (Å²) in [6.45, 7) is 0. The van der Waals surface area contributed by atoms with Gasteiger partial charge in [-0.15, -0.1) is 0 Å². The second-order valence-electron chi connectivity index (χ2n) is 4.94. The normalized spacial score (nSPS) is 11.9. The van der Waals surface area contributed by atoms with Gasteiger partial charge in [0.1, 0.15) is 0 Å². The Labute approximate surface area is 122 Å². The average Bonchev–Trinajstić information content (AvgIpc) is 2.55. The molecule has 100 valence electrons. The van der Waals surface area contributed by atoms with Crippen LogP contribution in [0.5, 0.6) is 0 Å². The minimum Gasteiger partial charge on any atom is -0.250 e. The molecule has 3 heteroatoms. The van der Waals surface area contributed by atoms with Crippen molar-refractivity contribution in [2.24, 2.45) is 0 Å². The summed E-state index contributed by atoms with van der Waals surface area (Å²) in [6, 6.07) is 23.9.